The summed E-state index contributed by atoms with van der Waals surface area (Å²) in [7, 11) is 2.12. The van der Waals surface area contributed by atoms with Gasteiger partial charge < -0.3 is 27.4 Å². The number of aromatic nitrogens is 1. The van der Waals surface area contributed by atoms with Gasteiger partial charge in [-0.2, -0.15) is 4.98 Å². The molecule has 1 aromatic heterocycles. The molecule has 1 aliphatic heterocycles. The van der Waals surface area contributed by atoms with Crippen LogP contribution in [0, 0.1) is 0 Å². The van der Waals surface area contributed by atoms with E-state index in [1.165, 1.54) is 0 Å². The van der Waals surface area contributed by atoms with Crippen LogP contribution in [0.15, 0.2) is 46.9 Å². The Bertz CT molecular complexity index is 727. The fourth-order valence-electron chi connectivity index (χ4n) is 2.65. The predicted molar refractivity (Wildman–Crippen MR) is 98.6 cm³/mol. The summed E-state index contributed by atoms with van der Waals surface area (Å²) in [6.45, 7) is 2.06. The smallest absolute Gasteiger partial charge is 1.00 e. The van der Waals surface area contributed by atoms with Crippen LogP contribution in [0.3, 0.4) is 0 Å². The zero-order valence-electron chi connectivity index (χ0n) is 14.9. The highest BCUT2D eigenvalue weighted by Crippen LogP contribution is 2.20. The molecule has 25 heavy (non-hydrogen) atoms. The van der Waals surface area contributed by atoms with Crippen LogP contribution in [-0.4, -0.2) is 42.0 Å². The Morgan fingerprint density at radius 3 is 2.68 bits per heavy atom. The second kappa shape index (κ2) is 9.17. The fraction of sp³-hybridized carbons (Fsp3) is 0.333. The average molecular weight is 427 g/mol. The maximum atomic E-state index is 12.3. The van der Waals surface area contributed by atoms with E-state index in [1.807, 2.05) is 30.3 Å². The Kier molecular flexibility index (Phi) is 7.23. The summed E-state index contributed by atoms with van der Waals surface area (Å²) in [5.41, 5.74) is 0.570. The van der Waals surface area contributed by atoms with Gasteiger partial charge in [0.15, 0.2) is 0 Å². The zero-order chi connectivity index (χ0) is 16.9. The van der Waals surface area contributed by atoms with Crippen LogP contribution in [0.1, 0.15) is 24.6 Å². The first-order valence-electron chi connectivity index (χ1n) is 8.00. The van der Waals surface area contributed by atoms with Gasteiger partial charge in [0, 0.05) is 23.6 Å². The SMILES string of the molecule is CN1CCC(Oc2cccc(NC(=O)c3ccccc3Br)n2)CC1.[Cl-].[H+]. The Balaban J connectivity index is 0.00000169. The lowest BCUT2D eigenvalue weighted by Gasteiger charge is -2.28. The van der Waals surface area contributed by atoms with Crippen molar-refractivity contribution >= 4 is 27.7 Å². The fourth-order valence-corrected chi connectivity index (χ4v) is 3.12. The van der Waals surface area contributed by atoms with Crippen molar-refractivity contribution in [2.75, 3.05) is 25.5 Å². The number of likely N-dealkylation sites (tertiary alicyclic amines) is 1. The summed E-state index contributed by atoms with van der Waals surface area (Å²) in [6, 6.07) is 12.7. The monoisotopic (exact) mass is 425 g/mol. The number of ether oxygens (including phenoxy) is 1. The number of rotatable bonds is 4. The maximum Gasteiger partial charge on any atom is 1.00 e. The van der Waals surface area contributed by atoms with E-state index in [1.54, 1.807) is 12.1 Å². The molecule has 1 fully saturated rings. The lowest BCUT2D eigenvalue weighted by molar-refractivity contribution is -0.0000141. The molecule has 2 aromatic rings. The van der Waals surface area contributed by atoms with E-state index >= 15 is 0 Å². The molecule has 1 aliphatic rings. The minimum absolute atomic E-state index is 0. The number of benzene rings is 1. The molecule has 0 spiro atoms. The molecule has 0 saturated carbocycles. The topological polar surface area (TPSA) is 54.5 Å². The average Bonchev–Trinajstić information content (AvgIpc) is 2.58. The van der Waals surface area contributed by atoms with Crippen molar-refractivity contribution in [2.24, 2.45) is 0 Å². The van der Waals surface area contributed by atoms with Gasteiger partial charge in [-0.25, -0.2) is 0 Å². The van der Waals surface area contributed by atoms with Crippen molar-refractivity contribution in [1.29, 1.82) is 0 Å². The molecule has 0 unspecified atom stereocenters. The molecule has 0 atom stereocenters. The summed E-state index contributed by atoms with van der Waals surface area (Å²) >= 11 is 3.39. The van der Waals surface area contributed by atoms with Crippen LogP contribution >= 0.6 is 15.9 Å². The molecule has 5 nitrogen and oxygen atoms in total. The molecule has 3 rings (SSSR count). The number of amides is 1. The summed E-state index contributed by atoms with van der Waals surface area (Å²) in [6.07, 6.45) is 2.17. The zero-order valence-corrected chi connectivity index (χ0v) is 16.3. The van der Waals surface area contributed by atoms with Crippen molar-refractivity contribution < 1.29 is 23.4 Å². The minimum Gasteiger partial charge on any atom is -1.00 e. The number of hydrogen-bond donors (Lipinski definition) is 1. The van der Waals surface area contributed by atoms with Gasteiger partial charge in [0.25, 0.3) is 5.91 Å². The van der Waals surface area contributed by atoms with E-state index in [0.29, 0.717) is 17.3 Å². The van der Waals surface area contributed by atoms with Gasteiger partial charge in [-0.3, -0.25) is 4.79 Å². The third-order valence-electron chi connectivity index (χ3n) is 4.04. The number of nitrogens with one attached hydrogen (secondary N) is 1. The molecule has 2 heterocycles. The molecule has 0 aliphatic carbocycles. The van der Waals surface area contributed by atoms with Gasteiger partial charge in [0.1, 0.15) is 11.9 Å². The Labute approximate surface area is 163 Å². The van der Waals surface area contributed by atoms with E-state index in [-0.39, 0.29) is 25.8 Å². The molecule has 1 N–H and O–H groups in total. The maximum absolute atomic E-state index is 12.3. The molecule has 1 aromatic carbocycles. The standard InChI is InChI=1S/C18H20BrN3O2.ClH/c1-22-11-9-13(10-12-22)24-17-8-4-7-16(20-17)21-18(23)14-5-2-3-6-15(14)19;/h2-8,13H,9-12H2,1H3,(H,20,21,23);1H. The van der Waals surface area contributed by atoms with Crippen LogP contribution in [0.2, 0.25) is 0 Å². The van der Waals surface area contributed by atoms with Crippen molar-refractivity contribution in [3.05, 3.63) is 52.5 Å². The number of nitrogens with zero attached hydrogens (tertiary/aromatic N) is 2. The van der Waals surface area contributed by atoms with Crippen molar-refractivity contribution in [2.45, 2.75) is 18.9 Å². The van der Waals surface area contributed by atoms with Gasteiger partial charge in [0.2, 0.25) is 5.88 Å². The minimum atomic E-state index is -0.202. The molecular weight excluding hydrogens is 406 g/mol. The van der Waals surface area contributed by atoms with Gasteiger partial charge in [0.05, 0.1) is 5.56 Å². The summed E-state index contributed by atoms with van der Waals surface area (Å²) in [5, 5.41) is 2.82. The van der Waals surface area contributed by atoms with Crippen LogP contribution in [0.25, 0.3) is 0 Å². The van der Waals surface area contributed by atoms with Gasteiger partial charge in [-0.05, 0) is 54.0 Å². The highest BCUT2D eigenvalue weighted by Gasteiger charge is 2.18. The number of pyridine rings is 1. The number of piperidine rings is 1. The first-order chi connectivity index (χ1) is 11.6. The third-order valence-corrected chi connectivity index (χ3v) is 4.73. The predicted octanol–water partition coefficient (Wildman–Crippen LogP) is 0.686. The summed E-state index contributed by atoms with van der Waals surface area (Å²) < 4.78 is 6.71. The van der Waals surface area contributed by atoms with Crippen LogP contribution < -0.4 is 22.5 Å². The quantitative estimate of drug-likeness (QED) is 0.781. The normalized spacial score (nSPS) is 15.3. The lowest BCUT2D eigenvalue weighted by Crippen LogP contribution is -3.00. The Hall–Kier alpha value is -1.63. The number of halogens is 2. The van der Waals surface area contributed by atoms with Gasteiger partial charge in [-0.15, -0.1) is 0 Å². The highest BCUT2D eigenvalue weighted by molar-refractivity contribution is 9.10. The molecule has 0 bridgehead atoms. The summed E-state index contributed by atoms with van der Waals surface area (Å²) in [4.78, 5) is 19.0. The largest absolute Gasteiger partial charge is 1.00 e. The molecular formula is C18H21BrClN3O2. The van der Waals surface area contributed by atoms with Gasteiger partial charge >= 0.3 is 1.43 Å². The lowest BCUT2D eigenvalue weighted by atomic mass is 10.1. The van der Waals surface area contributed by atoms with Crippen molar-refractivity contribution in [1.82, 2.24) is 9.88 Å². The number of carbonyl (C=O) groups excluding carboxylic acids is 1. The first kappa shape index (κ1) is 19.7. The Morgan fingerprint density at radius 2 is 1.96 bits per heavy atom. The number of carbonyl (C=O) groups is 1. The van der Waals surface area contributed by atoms with E-state index < -0.39 is 0 Å². The van der Waals surface area contributed by atoms with E-state index in [2.05, 4.69) is 38.2 Å². The second-order valence-electron chi connectivity index (χ2n) is 5.92. The van der Waals surface area contributed by atoms with Crippen LogP contribution in [-0.2, 0) is 0 Å². The molecule has 134 valence electrons. The van der Waals surface area contributed by atoms with Crippen molar-refractivity contribution in [3.63, 3.8) is 0 Å². The van der Waals surface area contributed by atoms with Gasteiger partial charge in [-0.1, -0.05) is 18.2 Å². The number of anilines is 1. The number of hydrogen-bond acceptors (Lipinski definition) is 4. The second-order valence-corrected chi connectivity index (χ2v) is 6.77. The molecule has 1 saturated heterocycles. The van der Waals surface area contributed by atoms with Crippen LogP contribution in [0.5, 0.6) is 5.88 Å². The first-order valence-corrected chi connectivity index (χ1v) is 8.79. The molecule has 1 amide bonds. The Morgan fingerprint density at radius 1 is 1.24 bits per heavy atom. The third kappa shape index (κ3) is 5.42. The summed E-state index contributed by atoms with van der Waals surface area (Å²) in [5.74, 6) is 0.835. The van der Waals surface area contributed by atoms with E-state index in [0.717, 1.165) is 30.4 Å². The van der Waals surface area contributed by atoms with Crippen LogP contribution in [0.4, 0.5) is 5.82 Å². The highest BCUT2D eigenvalue weighted by atomic mass is 79.9. The molecule has 0 radical (unpaired) electrons. The molecule has 7 heteroatoms. The van der Waals surface area contributed by atoms with E-state index in [4.69, 9.17) is 4.74 Å². The van der Waals surface area contributed by atoms with E-state index in [9.17, 15) is 4.79 Å². The van der Waals surface area contributed by atoms with Crippen molar-refractivity contribution in [3.8, 4) is 5.88 Å².